The Labute approximate surface area is 130 Å². The quantitative estimate of drug-likeness (QED) is 0.777. The van der Waals surface area contributed by atoms with Crippen LogP contribution >= 0.6 is 15.9 Å². The molecule has 1 aromatic carbocycles. The van der Waals surface area contributed by atoms with Crippen molar-refractivity contribution in [1.82, 2.24) is 15.1 Å². The molecule has 1 aromatic heterocycles. The lowest BCUT2D eigenvalue weighted by Crippen LogP contribution is -2.24. The van der Waals surface area contributed by atoms with Crippen molar-refractivity contribution in [3.63, 3.8) is 0 Å². The van der Waals surface area contributed by atoms with Gasteiger partial charge in [-0.2, -0.15) is 5.10 Å². The Hall–Kier alpha value is -1.73. The summed E-state index contributed by atoms with van der Waals surface area (Å²) in [5, 5.41) is 10.2. The van der Waals surface area contributed by atoms with Crippen LogP contribution in [0.4, 0.5) is 10.1 Å². The van der Waals surface area contributed by atoms with E-state index in [-0.39, 0.29) is 17.9 Å². The lowest BCUT2D eigenvalue weighted by Gasteiger charge is -2.09. The molecule has 21 heavy (non-hydrogen) atoms. The predicted molar refractivity (Wildman–Crippen MR) is 84.1 cm³/mol. The van der Waals surface area contributed by atoms with Gasteiger partial charge in [0.15, 0.2) is 0 Å². The zero-order valence-electron chi connectivity index (χ0n) is 11.6. The third-order valence-corrected chi connectivity index (χ3v) is 3.68. The van der Waals surface area contributed by atoms with Crippen molar-refractivity contribution in [2.24, 2.45) is 0 Å². The van der Waals surface area contributed by atoms with Crippen molar-refractivity contribution in [3.8, 4) is 0 Å². The molecule has 5 nitrogen and oxygen atoms in total. The second-order valence-corrected chi connectivity index (χ2v) is 5.36. The molecule has 0 radical (unpaired) electrons. The fourth-order valence-electron chi connectivity index (χ4n) is 1.81. The largest absolute Gasteiger partial charge is 0.382 e. The third kappa shape index (κ3) is 4.37. The summed E-state index contributed by atoms with van der Waals surface area (Å²) in [7, 11) is 1.86. The molecular weight excluding hydrogens is 339 g/mol. The molecule has 0 unspecified atom stereocenters. The molecule has 112 valence electrons. The van der Waals surface area contributed by atoms with Crippen LogP contribution in [0.25, 0.3) is 0 Å². The first kappa shape index (κ1) is 15.7. The summed E-state index contributed by atoms with van der Waals surface area (Å²) in [6, 6.07) is 5.84. The van der Waals surface area contributed by atoms with E-state index in [0.717, 1.165) is 11.0 Å². The van der Waals surface area contributed by atoms with E-state index in [0.29, 0.717) is 17.8 Å². The second kappa shape index (κ2) is 7.33. The highest BCUT2D eigenvalue weighted by atomic mass is 79.9. The van der Waals surface area contributed by atoms with Gasteiger partial charge in [-0.1, -0.05) is 15.9 Å². The molecule has 0 bridgehead atoms. The number of aromatic nitrogens is 2. The molecule has 0 fully saturated rings. The van der Waals surface area contributed by atoms with Crippen molar-refractivity contribution in [3.05, 3.63) is 56.7 Å². The second-order valence-electron chi connectivity index (χ2n) is 4.51. The predicted octanol–water partition coefficient (Wildman–Crippen LogP) is 1.82. The number of anilines is 1. The van der Waals surface area contributed by atoms with E-state index in [4.69, 9.17) is 0 Å². The molecule has 0 aliphatic carbocycles. The van der Waals surface area contributed by atoms with Crippen molar-refractivity contribution >= 4 is 21.6 Å². The van der Waals surface area contributed by atoms with E-state index in [1.54, 1.807) is 12.3 Å². The maximum absolute atomic E-state index is 13.2. The van der Waals surface area contributed by atoms with Crippen molar-refractivity contribution in [2.75, 3.05) is 25.5 Å². The molecule has 7 heteroatoms. The summed E-state index contributed by atoms with van der Waals surface area (Å²) in [4.78, 5) is 12.0. The van der Waals surface area contributed by atoms with E-state index in [1.165, 1.54) is 22.9 Å². The normalized spacial score (nSPS) is 10.6. The van der Waals surface area contributed by atoms with Gasteiger partial charge in [0.05, 0.1) is 18.4 Å². The van der Waals surface area contributed by atoms with Gasteiger partial charge in [0.25, 0.3) is 5.56 Å². The van der Waals surface area contributed by atoms with Gasteiger partial charge < -0.3 is 10.6 Å². The molecule has 2 aromatic rings. The van der Waals surface area contributed by atoms with Crippen LogP contribution in [0.3, 0.4) is 0 Å². The van der Waals surface area contributed by atoms with Gasteiger partial charge in [0, 0.05) is 23.6 Å². The average molecular weight is 355 g/mol. The number of rotatable bonds is 6. The molecule has 0 aliphatic heterocycles. The maximum Gasteiger partial charge on any atom is 0.269 e. The van der Waals surface area contributed by atoms with Gasteiger partial charge >= 0.3 is 0 Å². The molecule has 1 heterocycles. The highest BCUT2D eigenvalue weighted by Gasteiger charge is 2.06. The first-order valence-electron chi connectivity index (χ1n) is 6.49. The van der Waals surface area contributed by atoms with Gasteiger partial charge in [-0.05, 0) is 30.8 Å². The molecule has 0 amide bonds. The highest BCUT2D eigenvalue weighted by Crippen LogP contribution is 2.18. The van der Waals surface area contributed by atoms with Crippen LogP contribution in [-0.2, 0) is 6.54 Å². The number of hydrogen-bond donors (Lipinski definition) is 2. The number of hydrogen-bond acceptors (Lipinski definition) is 4. The molecule has 2 rings (SSSR count). The third-order valence-electron chi connectivity index (χ3n) is 2.90. The molecule has 0 spiro atoms. The fourth-order valence-corrected chi connectivity index (χ4v) is 2.18. The van der Waals surface area contributed by atoms with Gasteiger partial charge in [-0.3, -0.25) is 4.79 Å². The SMILES string of the molecule is CNCCNc1cnn(Cc2cc(F)ccc2Br)c(=O)c1. The van der Waals surface area contributed by atoms with E-state index in [2.05, 4.69) is 31.7 Å². The van der Waals surface area contributed by atoms with E-state index < -0.39 is 0 Å². The summed E-state index contributed by atoms with van der Waals surface area (Å²) < 4.78 is 15.3. The monoisotopic (exact) mass is 354 g/mol. The van der Waals surface area contributed by atoms with Crippen molar-refractivity contribution < 1.29 is 4.39 Å². The minimum Gasteiger partial charge on any atom is -0.382 e. The Morgan fingerprint density at radius 1 is 1.33 bits per heavy atom. The number of nitrogens with one attached hydrogen (secondary N) is 2. The number of likely N-dealkylation sites (N-methyl/N-ethyl adjacent to an activating group) is 1. The Kier molecular flexibility index (Phi) is 5.46. The lowest BCUT2D eigenvalue weighted by molar-refractivity contribution is 0.609. The number of halogens is 2. The van der Waals surface area contributed by atoms with E-state index in [1.807, 2.05) is 7.05 Å². The van der Waals surface area contributed by atoms with Crippen molar-refractivity contribution in [2.45, 2.75) is 6.54 Å². The first-order chi connectivity index (χ1) is 10.1. The fraction of sp³-hybridized carbons (Fsp3) is 0.286. The van der Waals surface area contributed by atoms with Crippen LogP contribution < -0.4 is 16.2 Å². The zero-order valence-corrected chi connectivity index (χ0v) is 13.2. The Morgan fingerprint density at radius 3 is 2.86 bits per heavy atom. The molecule has 0 aliphatic rings. The highest BCUT2D eigenvalue weighted by molar-refractivity contribution is 9.10. The van der Waals surface area contributed by atoms with Crippen LogP contribution in [0.5, 0.6) is 0 Å². The van der Waals surface area contributed by atoms with Gasteiger partial charge in [0.2, 0.25) is 0 Å². The Morgan fingerprint density at radius 2 is 2.14 bits per heavy atom. The Bertz CT molecular complexity index is 674. The molecular formula is C14H16BrFN4O. The van der Waals surface area contributed by atoms with Gasteiger partial charge in [-0.15, -0.1) is 0 Å². The smallest absolute Gasteiger partial charge is 0.269 e. The number of nitrogens with zero attached hydrogens (tertiary/aromatic N) is 2. The molecule has 0 atom stereocenters. The zero-order chi connectivity index (χ0) is 15.2. The first-order valence-corrected chi connectivity index (χ1v) is 7.29. The van der Waals surface area contributed by atoms with Crippen molar-refractivity contribution in [1.29, 1.82) is 0 Å². The van der Waals surface area contributed by atoms with Gasteiger partial charge in [0.1, 0.15) is 5.82 Å². The molecule has 0 saturated carbocycles. The van der Waals surface area contributed by atoms with E-state index in [9.17, 15) is 9.18 Å². The summed E-state index contributed by atoms with van der Waals surface area (Å²) >= 11 is 3.34. The van der Waals surface area contributed by atoms with Crippen LogP contribution in [0, 0.1) is 5.82 Å². The topological polar surface area (TPSA) is 59.0 Å². The summed E-state index contributed by atoms with van der Waals surface area (Å²) in [5.74, 6) is -0.341. The van der Waals surface area contributed by atoms with Crippen LogP contribution in [0.1, 0.15) is 5.56 Å². The minimum absolute atomic E-state index is 0.216. The number of benzene rings is 1. The van der Waals surface area contributed by atoms with Gasteiger partial charge in [-0.25, -0.2) is 9.07 Å². The maximum atomic E-state index is 13.2. The lowest BCUT2D eigenvalue weighted by atomic mass is 10.2. The standard InChI is InChI=1S/C14H16BrFN4O/c1-17-4-5-18-12-7-14(21)20(19-8-12)9-10-6-11(16)2-3-13(10)15/h2-3,6-8,17-18H,4-5,9H2,1H3. The average Bonchev–Trinajstić information content (AvgIpc) is 2.46. The van der Waals surface area contributed by atoms with Crippen LogP contribution in [0.2, 0.25) is 0 Å². The van der Waals surface area contributed by atoms with E-state index >= 15 is 0 Å². The Balaban J connectivity index is 2.14. The minimum atomic E-state index is -0.341. The molecule has 2 N–H and O–H groups in total. The summed E-state index contributed by atoms with van der Waals surface area (Å²) in [6.45, 7) is 1.71. The van der Waals surface area contributed by atoms with Crippen LogP contribution in [0.15, 0.2) is 39.7 Å². The molecule has 0 saturated heterocycles. The van der Waals surface area contributed by atoms with Crippen LogP contribution in [-0.4, -0.2) is 29.9 Å². The summed E-state index contributed by atoms with van der Waals surface area (Å²) in [5.41, 5.74) is 1.10. The summed E-state index contributed by atoms with van der Waals surface area (Å²) in [6.07, 6.45) is 1.59.